The van der Waals surface area contributed by atoms with Crippen molar-refractivity contribution in [3.05, 3.63) is 29.8 Å². The molecule has 0 radical (unpaired) electrons. The summed E-state index contributed by atoms with van der Waals surface area (Å²) in [4.78, 5) is 16.7. The van der Waals surface area contributed by atoms with Crippen molar-refractivity contribution in [1.82, 2.24) is 9.80 Å². The molecule has 4 heteroatoms. The Morgan fingerprint density at radius 2 is 2.21 bits per heavy atom. The molecule has 1 aromatic carbocycles. The summed E-state index contributed by atoms with van der Waals surface area (Å²) in [7, 11) is 4.14. The van der Waals surface area contributed by atoms with Crippen molar-refractivity contribution in [3.63, 3.8) is 0 Å². The third-order valence-corrected chi connectivity index (χ3v) is 3.99. The van der Waals surface area contributed by atoms with Crippen LogP contribution >= 0.6 is 0 Å². The summed E-state index contributed by atoms with van der Waals surface area (Å²) in [6, 6.07) is 8.09. The van der Waals surface area contributed by atoms with Crippen LogP contribution in [0.25, 0.3) is 0 Å². The highest BCUT2D eigenvalue weighted by atomic mass is 16.2. The third kappa shape index (κ3) is 3.07. The Bertz CT molecular complexity index is 458. The Morgan fingerprint density at radius 3 is 2.79 bits per heavy atom. The molecule has 0 aliphatic carbocycles. The maximum Gasteiger partial charge on any atom is 0.229 e. The van der Waals surface area contributed by atoms with E-state index in [0.717, 1.165) is 25.1 Å². The van der Waals surface area contributed by atoms with Gasteiger partial charge in [-0.25, -0.2) is 0 Å². The molecule has 4 nitrogen and oxygen atoms in total. The molecule has 1 saturated heterocycles. The van der Waals surface area contributed by atoms with Gasteiger partial charge >= 0.3 is 0 Å². The molecule has 1 heterocycles. The second kappa shape index (κ2) is 5.61. The number of carbonyl (C=O) groups is 1. The zero-order chi connectivity index (χ0) is 14.0. The molecule has 0 saturated carbocycles. The number of nitrogens with zero attached hydrogens (tertiary/aromatic N) is 2. The van der Waals surface area contributed by atoms with Crippen LogP contribution in [-0.2, 0) is 4.79 Å². The number of carbonyl (C=O) groups excluding carboxylic acids is 1. The number of rotatable bonds is 3. The second-order valence-electron chi connectivity index (χ2n) is 5.58. The number of likely N-dealkylation sites (N-methyl/N-ethyl adjacent to an activating group) is 1. The van der Waals surface area contributed by atoms with Gasteiger partial charge in [0.1, 0.15) is 0 Å². The van der Waals surface area contributed by atoms with Crippen molar-refractivity contribution < 1.29 is 4.79 Å². The molecular formula is C15H23N3O. The highest BCUT2D eigenvalue weighted by molar-refractivity contribution is 5.83. The summed E-state index contributed by atoms with van der Waals surface area (Å²) < 4.78 is 0. The lowest BCUT2D eigenvalue weighted by molar-refractivity contribution is -0.131. The van der Waals surface area contributed by atoms with Gasteiger partial charge in [0.25, 0.3) is 0 Å². The van der Waals surface area contributed by atoms with Crippen molar-refractivity contribution in [2.24, 2.45) is 0 Å². The van der Waals surface area contributed by atoms with Crippen molar-refractivity contribution in [3.8, 4) is 0 Å². The van der Waals surface area contributed by atoms with Crippen LogP contribution in [0.2, 0.25) is 0 Å². The molecular weight excluding hydrogens is 238 g/mol. The Balaban J connectivity index is 2.04. The monoisotopic (exact) mass is 261 g/mol. The molecule has 0 spiro atoms. The van der Waals surface area contributed by atoms with Gasteiger partial charge in [0, 0.05) is 24.8 Å². The normalized spacial score (nSPS) is 20.8. The van der Waals surface area contributed by atoms with E-state index in [4.69, 9.17) is 5.73 Å². The van der Waals surface area contributed by atoms with Crippen LogP contribution in [0.4, 0.5) is 5.69 Å². The average Bonchev–Trinajstić information content (AvgIpc) is 2.86. The van der Waals surface area contributed by atoms with Gasteiger partial charge in [0.05, 0.1) is 5.92 Å². The van der Waals surface area contributed by atoms with E-state index in [9.17, 15) is 4.79 Å². The Hall–Kier alpha value is -1.55. The highest BCUT2D eigenvalue weighted by Gasteiger charge is 2.30. The van der Waals surface area contributed by atoms with Crippen LogP contribution in [0.15, 0.2) is 24.3 Å². The SMILES string of the molecule is CC(C(=O)N1CCC(N(C)C)C1)c1cccc(N)c1. The first-order chi connectivity index (χ1) is 8.99. The maximum absolute atomic E-state index is 12.5. The minimum atomic E-state index is -0.121. The number of amides is 1. The van der Waals surface area contributed by atoms with Crippen LogP contribution in [0, 0.1) is 0 Å². The lowest BCUT2D eigenvalue weighted by Crippen LogP contribution is -2.36. The summed E-state index contributed by atoms with van der Waals surface area (Å²) in [5.41, 5.74) is 7.49. The molecule has 2 N–H and O–H groups in total. The largest absolute Gasteiger partial charge is 0.399 e. The maximum atomic E-state index is 12.5. The predicted octanol–water partition coefficient (Wildman–Crippen LogP) is 1.53. The van der Waals surface area contributed by atoms with Crippen molar-refractivity contribution >= 4 is 11.6 Å². The van der Waals surface area contributed by atoms with Crippen LogP contribution in [0.3, 0.4) is 0 Å². The zero-order valence-electron chi connectivity index (χ0n) is 12.0. The molecule has 1 aromatic rings. The Morgan fingerprint density at radius 1 is 1.47 bits per heavy atom. The molecule has 0 bridgehead atoms. The molecule has 1 aliphatic heterocycles. The van der Waals surface area contributed by atoms with Crippen molar-refractivity contribution in [1.29, 1.82) is 0 Å². The molecule has 2 atom stereocenters. The van der Waals surface area contributed by atoms with Gasteiger partial charge in [-0.1, -0.05) is 12.1 Å². The van der Waals surface area contributed by atoms with Gasteiger partial charge in [-0.05, 0) is 45.1 Å². The van der Waals surface area contributed by atoms with E-state index < -0.39 is 0 Å². The molecule has 1 amide bonds. The predicted molar refractivity (Wildman–Crippen MR) is 77.9 cm³/mol. The van der Waals surface area contributed by atoms with Gasteiger partial charge in [-0.15, -0.1) is 0 Å². The number of likely N-dealkylation sites (tertiary alicyclic amines) is 1. The van der Waals surface area contributed by atoms with Crippen LogP contribution in [0.1, 0.15) is 24.8 Å². The first kappa shape index (κ1) is 13.9. The van der Waals surface area contributed by atoms with Crippen LogP contribution in [0.5, 0.6) is 0 Å². The number of nitrogens with two attached hydrogens (primary N) is 1. The fourth-order valence-corrected chi connectivity index (χ4v) is 2.61. The smallest absolute Gasteiger partial charge is 0.229 e. The summed E-state index contributed by atoms with van der Waals surface area (Å²) in [6.45, 7) is 3.65. The second-order valence-corrected chi connectivity index (χ2v) is 5.58. The number of benzene rings is 1. The zero-order valence-corrected chi connectivity index (χ0v) is 12.0. The highest BCUT2D eigenvalue weighted by Crippen LogP contribution is 2.23. The van der Waals surface area contributed by atoms with Gasteiger partial charge in [-0.2, -0.15) is 0 Å². The molecule has 1 fully saturated rings. The van der Waals surface area contributed by atoms with E-state index in [2.05, 4.69) is 19.0 Å². The van der Waals surface area contributed by atoms with Gasteiger partial charge in [-0.3, -0.25) is 4.79 Å². The van der Waals surface area contributed by atoms with Crippen LogP contribution in [-0.4, -0.2) is 48.9 Å². The molecule has 0 aromatic heterocycles. The van der Waals surface area contributed by atoms with Gasteiger partial charge in [0.15, 0.2) is 0 Å². The summed E-state index contributed by atoms with van der Waals surface area (Å²) in [6.07, 6.45) is 1.06. The molecule has 19 heavy (non-hydrogen) atoms. The van der Waals surface area contributed by atoms with E-state index in [1.165, 1.54) is 0 Å². The number of hydrogen-bond acceptors (Lipinski definition) is 3. The van der Waals surface area contributed by atoms with E-state index in [-0.39, 0.29) is 11.8 Å². The van der Waals surface area contributed by atoms with Gasteiger partial charge < -0.3 is 15.5 Å². The average molecular weight is 261 g/mol. The third-order valence-electron chi connectivity index (χ3n) is 3.99. The minimum absolute atomic E-state index is 0.121. The van der Waals surface area contributed by atoms with Crippen molar-refractivity contribution in [2.45, 2.75) is 25.3 Å². The first-order valence-electron chi connectivity index (χ1n) is 6.79. The summed E-state index contributed by atoms with van der Waals surface area (Å²) >= 11 is 0. The topological polar surface area (TPSA) is 49.6 Å². The number of hydrogen-bond donors (Lipinski definition) is 1. The first-order valence-corrected chi connectivity index (χ1v) is 6.79. The van der Waals surface area contributed by atoms with Crippen molar-refractivity contribution in [2.75, 3.05) is 32.9 Å². The molecule has 104 valence electrons. The fourth-order valence-electron chi connectivity index (χ4n) is 2.61. The summed E-state index contributed by atoms with van der Waals surface area (Å²) in [5.74, 6) is 0.0827. The standard InChI is InChI=1S/C15H23N3O/c1-11(12-5-4-6-13(16)9-12)15(19)18-8-7-14(10-18)17(2)3/h4-6,9,11,14H,7-8,10,16H2,1-3H3. The van der Waals surface area contributed by atoms with Crippen LogP contribution < -0.4 is 5.73 Å². The minimum Gasteiger partial charge on any atom is -0.399 e. The number of anilines is 1. The van der Waals surface area contributed by atoms with E-state index in [1.54, 1.807) is 0 Å². The van der Waals surface area contributed by atoms with E-state index in [0.29, 0.717) is 11.7 Å². The molecule has 2 unspecified atom stereocenters. The quantitative estimate of drug-likeness (QED) is 0.840. The van der Waals surface area contributed by atoms with E-state index in [1.807, 2.05) is 36.1 Å². The lowest BCUT2D eigenvalue weighted by atomic mass is 9.99. The number of nitrogen functional groups attached to an aromatic ring is 1. The molecule has 2 rings (SSSR count). The molecule has 1 aliphatic rings. The summed E-state index contributed by atoms with van der Waals surface area (Å²) in [5, 5.41) is 0. The fraction of sp³-hybridized carbons (Fsp3) is 0.533. The lowest BCUT2D eigenvalue weighted by Gasteiger charge is -2.23. The Labute approximate surface area is 115 Å². The Kier molecular flexibility index (Phi) is 4.10. The van der Waals surface area contributed by atoms with Gasteiger partial charge in [0.2, 0.25) is 5.91 Å². The van der Waals surface area contributed by atoms with E-state index >= 15 is 0 Å².